The first-order valence-electron chi connectivity index (χ1n) is 25.1. The highest BCUT2D eigenvalue weighted by molar-refractivity contribution is 7.25. The Balaban J connectivity index is 0.931. The van der Waals surface area contributed by atoms with Crippen LogP contribution < -0.4 is 14.7 Å². The Morgan fingerprint density at radius 1 is 0.288 bits per heavy atom. The first kappa shape index (κ1) is 41.6. The Morgan fingerprint density at radius 2 is 0.712 bits per heavy atom. The number of fused-ring (bicyclic) bond motifs is 14. The molecule has 73 heavy (non-hydrogen) atoms. The van der Waals surface area contributed by atoms with Crippen molar-refractivity contribution in [2.45, 2.75) is 5.41 Å². The zero-order chi connectivity index (χ0) is 48.0. The van der Waals surface area contributed by atoms with E-state index in [1.807, 2.05) is 11.3 Å². The molecule has 1 aliphatic heterocycles. The van der Waals surface area contributed by atoms with Crippen molar-refractivity contribution in [1.82, 2.24) is 0 Å². The fourth-order valence-electron chi connectivity index (χ4n) is 12.2. The molecule has 0 radical (unpaired) electrons. The van der Waals surface area contributed by atoms with E-state index in [1.165, 1.54) is 80.8 Å². The number of rotatable bonds is 7. The molecule has 0 N–H and O–H groups in total. The summed E-state index contributed by atoms with van der Waals surface area (Å²) in [6.45, 7) is 0. The minimum Gasteiger partial charge on any atom is -0.310 e. The highest BCUT2D eigenvalue weighted by Gasteiger charge is 2.51. The third-order valence-corrected chi connectivity index (χ3v) is 16.5. The number of hydrogen-bond acceptors (Lipinski definition) is 4. The Labute approximate surface area is 428 Å². The standard InChI is InChI=1S/C69H45N3S/c1-3-21-50(22-4-1)70(56-35-38-64-66(45-56)72(51-23-5-2-6-24-51)65-30-16-15-29-63(65)69(64)61-27-13-11-25-57(61)58-26-12-14-28-62(58)69)54-36-39-67-59(43-54)60-44-55(37-40-68(60)73-67)71(52-33-31-46-17-7-9-19-48(46)41-52)53-34-32-47-18-8-10-20-49(47)42-53/h1-45H. The summed E-state index contributed by atoms with van der Waals surface area (Å²) >= 11 is 1.86. The number of nitrogens with zero attached hydrogens (tertiary/aromatic N) is 3. The molecule has 1 spiro atoms. The van der Waals surface area contributed by atoms with E-state index in [2.05, 4.69) is 288 Å². The van der Waals surface area contributed by atoms with Crippen LogP contribution in [0.5, 0.6) is 0 Å². The van der Waals surface area contributed by atoms with Crippen LogP contribution >= 0.6 is 11.3 Å². The summed E-state index contributed by atoms with van der Waals surface area (Å²) in [5.41, 5.74) is 17.3. The fraction of sp³-hybridized carbons (Fsp3) is 0.0145. The van der Waals surface area contributed by atoms with Crippen LogP contribution in [0.1, 0.15) is 22.3 Å². The monoisotopic (exact) mass is 947 g/mol. The van der Waals surface area contributed by atoms with Gasteiger partial charge >= 0.3 is 0 Å². The van der Waals surface area contributed by atoms with Crippen molar-refractivity contribution in [2.75, 3.05) is 14.7 Å². The van der Waals surface area contributed by atoms with Gasteiger partial charge in [-0.3, -0.25) is 0 Å². The molecule has 0 atom stereocenters. The predicted octanol–water partition coefficient (Wildman–Crippen LogP) is 19.4. The topological polar surface area (TPSA) is 9.72 Å². The Kier molecular flexibility index (Phi) is 9.35. The highest BCUT2D eigenvalue weighted by atomic mass is 32.1. The van der Waals surface area contributed by atoms with E-state index in [1.54, 1.807) is 0 Å². The van der Waals surface area contributed by atoms with E-state index in [0.717, 1.165) is 45.5 Å². The molecule has 2 aliphatic rings. The van der Waals surface area contributed by atoms with Gasteiger partial charge in [0.1, 0.15) is 0 Å². The minimum atomic E-state index is -0.527. The van der Waals surface area contributed by atoms with E-state index in [9.17, 15) is 0 Å². The molecule has 1 aromatic heterocycles. The summed E-state index contributed by atoms with van der Waals surface area (Å²) in [4.78, 5) is 7.34. The van der Waals surface area contributed by atoms with Gasteiger partial charge in [-0.25, -0.2) is 0 Å². The number of para-hydroxylation sites is 3. The second-order valence-corrected chi connectivity index (χ2v) is 20.3. The van der Waals surface area contributed by atoms with Crippen molar-refractivity contribution in [3.63, 3.8) is 0 Å². The average Bonchev–Trinajstić information content (AvgIpc) is 3.97. The van der Waals surface area contributed by atoms with Crippen LogP contribution in [0.3, 0.4) is 0 Å². The molecule has 3 nitrogen and oxygen atoms in total. The molecule has 0 amide bonds. The molecule has 342 valence electrons. The lowest BCUT2D eigenvalue weighted by molar-refractivity contribution is 0.752. The van der Waals surface area contributed by atoms with Gasteiger partial charge in [-0.2, -0.15) is 0 Å². The summed E-state index contributed by atoms with van der Waals surface area (Å²) in [5, 5.41) is 7.34. The molecule has 0 unspecified atom stereocenters. The van der Waals surface area contributed by atoms with E-state index in [0.29, 0.717) is 0 Å². The Hall–Kier alpha value is -9.22. The largest absolute Gasteiger partial charge is 0.310 e. The SMILES string of the molecule is c1ccc(N(c2ccc3c(c2)N(c2ccccc2)c2ccccc2C32c3ccccc3-c3ccccc32)c2ccc3sc4ccc(N(c5ccc6ccccc6c5)c5ccc6ccccc6c5)cc4c3c2)cc1. The van der Waals surface area contributed by atoms with Crippen LogP contribution in [0.2, 0.25) is 0 Å². The lowest BCUT2D eigenvalue weighted by atomic mass is 9.64. The molecule has 0 fully saturated rings. The van der Waals surface area contributed by atoms with Crippen molar-refractivity contribution in [3.8, 4) is 11.1 Å². The first-order chi connectivity index (χ1) is 36.2. The van der Waals surface area contributed by atoms with Gasteiger partial charge in [0.2, 0.25) is 0 Å². The second kappa shape index (κ2) is 16.4. The maximum absolute atomic E-state index is 2.49. The Morgan fingerprint density at radius 3 is 1.32 bits per heavy atom. The van der Waals surface area contributed by atoms with Crippen molar-refractivity contribution >= 4 is 104 Å². The molecule has 15 rings (SSSR count). The smallest absolute Gasteiger partial charge is 0.0754 e. The van der Waals surface area contributed by atoms with Crippen molar-refractivity contribution in [1.29, 1.82) is 0 Å². The van der Waals surface area contributed by atoms with Gasteiger partial charge in [-0.15, -0.1) is 11.3 Å². The van der Waals surface area contributed by atoms with Crippen LogP contribution in [-0.4, -0.2) is 0 Å². The molecular weight excluding hydrogens is 903 g/mol. The van der Waals surface area contributed by atoms with Gasteiger partial charge in [-0.05, 0) is 158 Å². The molecule has 4 heteroatoms. The number of benzene rings is 12. The van der Waals surface area contributed by atoms with Crippen LogP contribution in [0.15, 0.2) is 273 Å². The van der Waals surface area contributed by atoms with Gasteiger partial charge < -0.3 is 14.7 Å². The molecule has 0 saturated heterocycles. The van der Waals surface area contributed by atoms with Crippen molar-refractivity contribution in [3.05, 3.63) is 295 Å². The summed E-state index contributed by atoms with van der Waals surface area (Å²) in [6, 6.07) is 101. The van der Waals surface area contributed by atoms with Crippen LogP contribution in [0, 0.1) is 0 Å². The van der Waals surface area contributed by atoms with E-state index >= 15 is 0 Å². The maximum Gasteiger partial charge on any atom is 0.0754 e. The normalized spacial score (nSPS) is 13.0. The van der Waals surface area contributed by atoms with Crippen molar-refractivity contribution in [2.24, 2.45) is 0 Å². The molecule has 2 heterocycles. The van der Waals surface area contributed by atoms with Crippen LogP contribution in [-0.2, 0) is 5.41 Å². The zero-order valence-corrected chi connectivity index (χ0v) is 40.5. The highest BCUT2D eigenvalue weighted by Crippen LogP contribution is 2.64. The van der Waals surface area contributed by atoms with Gasteiger partial charge in [0.15, 0.2) is 0 Å². The quantitative estimate of drug-likeness (QED) is 0.158. The zero-order valence-electron chi connectivity index (χ0n) is 39.7. The van der Waals surface area contributed by atoms with E-state index in [4.69, 9.17) is 0 Å². The van der Waals surface area contributed by atoms with E-state index < -0.39 is 5.41 Å². The average molecular weight is 948 g/mol. The fourth-order valence-corrected chi connectivity index (χ4v) is 13.3. The number of hydrogen-bond donors (Lipinski definition) is 0. The minimum absolute atomic E-state index is 0.527. The van der Waals surface area contributed by atoms with Gasteiger partial charge in [0.05, 0.1) is 16.8 Å². The summed E-state index contributed by atoms with van der Waals surface area (Å²) < 4.78 is 2.51. The Bertz CT molecular complexity index is 4190. The predicted molar refractivity (Wildman–Crippen MR) is 309 cm³/mol. The first-order valence-corrected chi connectivity index (χ1v) is 25.9. The molecule has 12 aromatic carbocycles. The summed E-state index contributed by atoms with van der Waals surface area (Å²) in [6.07, 6.45) is 0. The second-order valence-electron chi connectivity index (χ2n) is 19.3. The van der Waals surface area contributed by atoms with Gasteiger partial charge in [-0.1, -0.05) is 170 Å². The number of thiophene rings is 1. The molecule has 0 bridgehead atoms. The van der Waals surface area contributed by atoms with E-state index in [-0.39, 0.29) is 0 Å². The molecule has 13 aromatic rings. The third kappa shape index (κ3) is 6.37. The van der Waals surface area contributed by atoms with Crippen LogP contribution in [0.4, 0.5) is 51.2 Å². The molecule has 0 saturated carbocycles. The lowest BCUT2D eigenvalue weighted by Gasteiger charge is -2.45. The lowest BCUT2D eigenvalue weighted by Crippen LogP contribution is -2.36. The third-order valence-electron chi connectivity index (χ3n) is 15.3. The molecule has 1 aliphatic carbocycles. The van der Waals surface area contributed by atoms with Crippen LogP contribution in [0.25, 0.3) is 52.8 Å². The van der Waals surface area contributed by atoms with Crippen molar-refractivity contribution < 1.29 is 0 Å². The van der Waals surface area contributed by atoms with Gasteiger partial charge in [0.25, 0.3) is 0 Å². The van der Waals surface area contributed by atoms with Gasteiger partial charge in [0, 0.05) is 60.0 Å². The summed E-state index contributed by atoms with van der Waals surface area (Å²) in [7, 11) is 0. The molecular formula is C69H45N3S. The summed E-state index contributed by atoms with van der Waals surface area (Å²) in [5.74, 6) is 0. The maximum atomic E-state index is 2.49. The number of anilines is 9.